The van der Waals surface area contributed by atoms with Crippen LogP contribution in [0.1, 0.15) is 11.1 Å². The number of benzene rings is 2. The molecule has 1 aliphatic rings. The Morgan fingerprint density at radius 1 is 1.05 bits per heavy atom. The van der Waals surface area contributed by atoms with Gasteiger partial charge in [-0.1, -0.05) is 53.5 Å². The summed E-state index contributed by atoms with van der Waals surface area (Å²) in [6, 6.07) is 14.6. The topological polar surface area (TPSA) is 41.5 Å². The molecule has 104 valence electrons. The number of nitrogens with zero attached hydrogens (tertiary/aromatic N) is 1. The molecule has 0 unspecified atom stereocenters. The molecule has 0 aliphatic carbocycles. The van der Waals surface area contributed by atoms with E-state index in [4.69, 9.17) is 23.2 Å². The zero-order chi connectivity index (χ0) is 14.8. The Balaban J connectivity index is 1.97. The Bertz CT molecular complexity index is 767. The van der Waals surface area contributed by atoms with Crippen molar-refractivity contribution < 1.29 is 4.79 Å². The summed E-state index contributed by atoms with van der Waals surface area (Å²) in [4.78, 5) is 16.3. The van der Waals surface area contributed by atoms with E-state index in [0.717, 1.165) is 5.56 Å². The molecular formula is C16H10Cl2N2O. The van der Waals surface area contributed by atoms with Gasteiger partial charge in [0.05, 0.1) is 5.02 Å². The normalized spacial score (nSPS) is 16.0. The van der Waals surface area contributed by atoms with Gasteiger partial charge < -0.3 is 5.32 Å². The van der Waals surface area contributed by atoms with E-state index in [1.54, 1.807) is 24.3 Å². The van der Waals surface area contributed by atoms with Gasteiger partial charge in [0.15, 0.2) is 0 Å². The molecule has 0 aromatic heterocycles. The molecule has 1 heterocycles. The molecule has 2 aromatic rings. The summed E-state index contributed by atoms with van der Waals surface area (Å²) in [5.41, 5.74) is 1.91. The van der Waals surface area contributed by atoms with Gasteiger partial charge in [-0.2, -0.15) is 0 Å². The van der Waals surface area contributed by atoms with Gasteiger partial charge in [-0.3, -0.25) is 4.79 Å². The van der Waals surface area contributed by atoms with E-state index in [-0.39, 0.29) is 5.91 Å². The van der Waals surface area contributed by atoms with Crippen LogP contribution in [0.4, 0.5) is 0 Å². The van der Waals surface area contributed by atoms with Gasteiger partial charge in [-0.25, -0.2) is 4.99 Å². The van der Waals surface area contributed by atoms with Crippen LogP contribution in [0.25, 0.3) is 6.08 Å². The lowest BCUT2D eigenvalue weighted by Gasteiger charge is -2.03. The van der Waals surface area contributed by atoms with Crippen LogP contribution >= 0.6 is 23.2 Å². The maximum Gasteiger partial charge on any atom is 0.275 e. The van der Waals surface area contributed by atoms with E-state index in [1.807, 2.05) is 30.3 Å². The lowest BCUT2D eigenvalue weighted by atomic mass is 10.2. The Kier molecular flexibility index (Phi) is 3.78. The number of carbonyl (C=O) groups is 1. The van der Waals surface area contributed by atoms with Gasteiger partial charge in [0.1, 0.15) is 11.5 Å². The molecule has 0 radical (unpaired) electrons. The van der Waals surface area contributed by atoms with Gasteiger partial charge in [0, 0.05) is 10.6 Å². The minimum atomic E-state index is -0.250. The highest BCUT2D eigenvalue weighted by molar-refractivity contribution is 6.37. The Morgan fingerprint density at radius 3 is 2.52 bits per heavy atom. The molecule has 0 saturated carbocycles. The first-order chi connectivity index (χ1) is 10.1. The molecule has 0 atom stereocenters. The number of rotatable bonds is 2. The summed E-state index contributed by atoms with van der Waals surface area (Å²) in [6.07, 6.45) is 1.73. The maximum atomic E-state index is 12.0. The predicted molar refractivity (Wildman–Crippen MR) is 85.6 cm³/mol. The van der Waals surface area contributed by atoms with Crippen LogP contribution in [0, 0.1) is 0 Å². The quantitative estimate of drug-likeness (QED) is 0.838. The first-order valence-corrected chi connectivity index (χ1v) is 7.01. The van der Waals surface area contributed by atoms with Crippen LogP contribution in [-0.4, -0.2) is 11.7 Å². The fraction of sp³-hybridized carbons (Fsp3) is 0. The zero-order valence-corrected chi connectivity index (χ0v) is 12.3. The highest BCUT2D eigenvalue weighted by Crippen LogP contribution is 2.23. The van der Waals surface area contributed by atoms with Gasteiger partial charge in [0.25, 0.3) is 5.91 Å². The van der Waals surface area contributed by atoms with E-state index >= 15 is 0 Å². The van der Waals surface area contributed by atoms with Crippen LogP contribution in [0.2, 0.25) is 10.0 Å². The smallest absolute Gasteiger partial charge is 0.275 e. The number of hydrogen-bond donors (Lipinski definition) is 1. The van der Waals surface area contributed by atoms with Crippen LogP contribution in [0.5, 0.6) is 0 Å². The first kappa shape index (κ1) is 13.9. The predicted octanol–water partition coefficient (Wildman–Crippen LogP) is 3.91. The average molecular weight is 317 g/mol. The fourth-order valence-electron chi connectivity index (χ4n) is 1.98. The lowest BCUT2D eigenvalue weighted by Crippen LogP contribution is -2.24. The minimum Gasteiger partial charge on any atom is -0.305 e. The third-order valence-corrected chi connectivity index (χ3v) is 3.53. The van der Waals surface area contributed by atoms with Crippen molar-refractivity contribution in [3.8, 4) is 0 Å². The number of amides is 1. The van der Waals surface area contributed by atoms with Gasteiger partial charge in [-0.05, 0) is 29.8 Å². The summed E-state index contributed by atoms with van der Waals surface area (Å²) in [6.45, 7) is 0. The Labute approximate surface area is 131 Å². The van der Waals surface area contributed by atoms with Crippen molar-refractivity contribution in [2.75, 3.05) is 0 Å². The van der Waals surface area contributed by atoms with Crippen LogP contribution in [0.3, 0.4) is 0 Å². The summed E-state index contributed by atoms with van der Waals surface area (Å²) < 4.78 is 0. The number of hydrogen-bond acceptors (Lipinski definition) is 2. The molecule has 3 rings (SSSR count). The zero-order valence-electron chi connectivity index (χ0n) is 10.8. The molecular weight excluding hydrogens is 307 g/mol. The third-order valence-electron chi connectivity index (χ3n) is 2.99. The molecule has 2 aromatic carbocycles. The average Bonchev–Trinajstić information content (AvgIpc) is 2.81. The van der Waals surface area contributed by atoms with Gasteiger partial charge >= 0.3 is 0 Å². The molecule has 0 saturated heterocycles. The third kappa shape index (κ3) is 2.99. The van der Waals surface area contributed by atoms with Gasteiger partial charge in [-0.15, -0.1) is 0 Å². The summed E-state index contributed by atoms with van der Waals surface area (Å²) >= 11 is 12.0. The minimum absolute atomic E-state index is 0.250. The second-order valence-corrected chi connectivity index (χ2v) is 5.32. The van der Waals surface area contributed by atoms with Crippen molar-refractivity contribution in [2.45, 2.75) is 0 Å². The van der Waals surface area contributed by atoms with Crippen LogP contribution < -0.4 is 5.32 Å². The molecule has 1 aliphatic heterocycles. The highest BCUT2D eigenvalue weighted by atomic mass is 35.5. The number of carbonyl (C=O) groups excluding carboxylic acids is 1. The van der Waals surface area contributed by atoms with Gasteiger partial charge in [0.2, 0.25) is 0 Å². The van der Waals surface area contributed by atoms with E-state index in [9.17, 15) is 4.79 Å². The SMILES string of the molecule is O=C1NC(c2ccc(Cl)cc2Cl)=N/C1=C/c1ccccc1. The van der Waals surface area contributed by atoms with E-state index in [1.165, 1.54) is 0 Å². The molecule has 3 nitrogen and oxygen atoms in total. The van der Waals surface area contributed by atoms with E-state index < -0.39 is 0 Å². The summed E-state index contributed by atoms with van der Waals surface area (Å²) in [5.74, 6) is 0.184. The van der Waals surface area contributed by atoms with Crippen molar-refractivity contribution in [2.24, 2.45) is 4.99 Å². The second-order valence-electron chi connectivity index (χ2n) is 4.48. The van der Waals surface area contributed by atoms with Crippen molar-refractivity contribution in [1.82, 2.24) is 5.32 Å². The number of nitrogens with one attached hydrogen (secondary N) is 1. The molecule has 1 N–H and O–H groups in total. The van der Waals surface area contributed by atoms with Crippen molar-refractivity contribution in [3.63, 3.8) is 0 Å². The second kappa shape index (κ2) is 5.72. The van der Waals surface area contributed by atoms with Crippen LogP contribution in [0.15, 0.2) is 59.2 Å². The van der Waals surface area contributed by atoms with Crippen LogP contribution in [-0.2, 0) is 4.79 Å². The number of halogens is 2. The molecule has 0 fully saturated rings. The summed E-state index contributed by atoms with van der Waals surface area (Å²) in [7, 11) is 0. The lowest BCUT2D eigenvalue weighted by molar-refractivity contribution is -0.115. The fourth-order valence-corrected chi connectivity index (χ4v) is 2.48. The molecule has 0 bridgehead atoms. The number of aliphatic imine (C=N–C) groups is 1. The standard InChI is InChI=1S/C16H10Cl2N2O/c17-11-6-7-12(13(18)9-11)15-19-14(16(21)20-15)8-10-4-2-1-3-5-10/h1-9H,(H,19,20,21)/b14-8+. The largest absolute Gasteiger partial charge is 0.305 e. The highest BCUT2D eigenvalue weighted by Gasteiger charge is 2.22. The van der Waals surface area contributed by atoms with Crippen molar-refractivity contribution in [3.05, 3.63) is 75.4 Å². The monoisotopic (exact) mass is 316 g/mol. The van der Waals surface area contributed by atoms with E-state index in [0.29, 0.717) is 27.1 Å². The molecule has 21 heavy (non-hydrogen) atoms. The first-order valence-electron chi connectivity index (χ1n) is 6.26. The molecule has 1 amide bonds. The van der Waals surface area contributed by atoms with Crippen molar-refractivity contribution >= 4 is 41.0 Å². The summed E-state index contributed by atoms with van der Waals surface area (Å²) in [5, 5.41) is 3.70. The molecule has 0 spiro atoms. The number of amidine groups is 1. The Hall–Kier alpha value is -2.10. The molecule has 5 heteroatoms. The van der Waals surface area contributed by atoms with E-state index in [2.05, 4.69) is 10.3 Å². The Morgan fingerprint density at radius 2 is 1.81 bits per heavy atom. The maximum absolute atomic E-state index is 12.0. The van der Waals surface area contributed by atoms with Crippen molar-refractivity contribution in [1.29, 1.82) is 0 Å².